The van der Waals surface area contributed by atoms with Gasteiger partial charge in [-0.2, -0.15) is 0 Å². The Kier molecular flexibility index (Phi) is 4.70. The van der Waals surface area contributed by atoms with Gasteiger partial charge in [-0.15, -0.1) is 6.58 Å². The molecule has 0 unspecified atom stereocenters. The summed E-state index contributed by atoms with van der Waals surface area (Å²) in [6.07, 6.45) is 2.67. The van der Waals surface area contributed by atoms with Crippen LogP contribution >= 0.6 is 0 Å². The maximum atomic E-state index is 5.82. The Bertz CT molecular complexity index is 552. The summed E-state index contributed by atoms with van der Waals surface area (Å²) in [5.74, 6) is 0.877. The minimum absolute atomic E-state index is 0.445. The molecule has 0 aliphatic carbocycles. The lowest BCUT2D eigenvalue weighted by Crippen LogP contribution is -2.04. The third-order valence-electron chi connectivity index (χ3n) is 2.79. The number of hydrogen-bond acceptors (Lipinski definition) is 3. The van der Waals surface area contributed by atoms with Crippen LogP contribution in [0.4, 0.5) is 0 Å². The fourth-order valence-corrected chi connectivity index (χ4v) is 1.84. The Hall–Kier alpha value is -2.13. The maximum absolute atomic E-state index is 5.82. The SMILES string of the molecule is C=CCc1ccccc1OCc1cccc(CN)n1. The summed E-state index contributed by atoms with van der Waals surface area (Å²) in [5, 5.41) is 0. The minimum Gasteiger partial charge on any atom is -0.487 e. The van der Waals surface area contributed by atoms with E-state index in [0.29, 0.717) is 13.2 Å². The first-order valence-electron chi connectivity index (χ1n) is 6.30. The molecule has 98 valence electrons. The van der Waals surface area contributed by atoms with Crippen molar-refractivity contribution >= 4 is 0 Å². The third kappa shape index (κ3) is 3.66. The molecule has 3 heteroatoms. The van der Waals surface area contributed by atoms with Crippen molar-refractivity contribution in [1.29, 1.82) is 0 Å². The van der Waals surface area contributed by atoms with Crippen LogP contribution in [0, 0.1) is 0 Å². The molecular weight excluding hydrogens is 236 g/mol. The van der Waals surface area contributed by atoms with E-state index in [-0.39, 0.29) is 0 Å². The van der Waals surface area contributed by atoms with Crippen LogP contribution in [0.5, 0.6) is 5.75 Å². The second kappa shape index (κ2) is 6.71. The standard InChI is InChI=1S/C16H18N2O/c1-2-6-13-7-3-4-10-16(13)19-12-15-9-5-8-14(11-17)18-15/h2-5,7-10H,1,6,11-12,17H2. The van der Waals surface area contributed by atoms with Crippen molar-refractivity contribution in [2.75, 3.05) is 0 Å². The Morgan fingerprint density at radius 1 is 1.11 bits per heavy atom. The van der Waals surface area contributed by atoms with Gasteiger partial charge in [-0.25, -0.2) is 0 Å². The first-order valence-corrected chi connectivity index (χ1v) is 6.30. The summed E-state index contributed by atoms with van der Waals surface area (Å²) in [6.45, 7) is 4.65. The lowest BCUT2D eigenvalue weighted by Gasteiger charge is -2.10. The van der Waals surface area contributed by atoms with Gasteiger partial charge in [0.1, 0.15) is 12.4 Å². The highest BCUT2D eigenvalue weighted by atomic mass is 16.5. The molecule has 2 N–H and O–H groups in total. The van der Waals surface area contributed by atoms with Crippen molar-refractivity contribution in [3.05, 3.63) is 72.1 Å². The average molecular weight is 254 g/mol. The third-order valence-corrected chi connectivity index (χ3v) is 2.79. The number of pyridine rings is 1. The molecule has 3 nitrogen and oxygen atoms in total. The van der Waals surface area contributed by atoms with E-state index in [1.54, 1.807) is 0 Å². The van der Waals surface area contributed by atoms with E-state index in [2.05, 4.69) is 11.6 Å². The summed E-state index contributed by atoms with van der Waals surface area (Å²) in [6, 6.07) is 13.8. The number of nitrogens with zero attached hydrogens (tertiary/aromatic N) is 1. The van der Waals surface area contributed by atoms with E-state index in [9.17, 15) is 0 Å². The second-order valence-electron chi connectivity index (χ2n) is 4.21. The zero-order chi connectivity index (χ0) is 13.5. The van der Waals surface area contributed by atoms with Gasteiger partial charge in [-0.3, -0.25) is 4.98 Å². The molecular formula is C16H18N2O. The molecule has 19 heavy (non-hydrogen) atoms. The molecule has 0 saturated heterocycles. The van der Waals surface area contributed by atoms with Gasteiger partial charge in [-0.1, -0.05) is 30.3 Å². The summed E-state index contributed by atoms with van der Waals surface area (Å²) in [7, 11) is 0. The monoisotopic (exact) mass is 254 g/mol. The zero-order valence-electron chi connectivity index (χ0n) is 10.9. The molecule has 0 aliphatic rings. The molecule has 0 bridgehead atoms. The van der Waals surface area contributed by atoms with Crippen molar-refractivity contribution < 1.29 is 4.74 Å². The zero-order valence-corrected chi connectivity index (χ0v) is 10.9. The number of nitrogens with two attached hydrogens (primary N) is 1. The quantitative estimate of drug-likeness (QED) is 0.806. The van der Waals surface area contributed by atoms with Crippen molar-refractivity contribution in [2.45, 2.75) is 19.6 Å². The molecule has 2 aromatic rings. The van der Waals surface area contributed by atoms with E-state index >= 15 is 0 Å². The van der Waals surface area contributed by atoms with Crippen molar-refractivity contribution in [3.8, 4) is 5.75 Å². The summed E-state index contributed by atoms with van der Waals surface area (Å²) in [5.41, 5.74) is 8.47. The number of benzene rings is 1. The maximum Gasteiger partial charge on any atom is 0.130 e. The van der Waals surface area contributed by atoms with E-state index < -0.39 is 0 Å². The van der Waals surface area contributed by atoms with E-state index in [1.165, 1.54) is 0 Å². The molecule has 1 aromatic carbocycles. The number of aromatic nitrogens is 1. The lowest BCUT2D eigenvalue weighted by molar-refractivity contribution is 0.298. The van der Waals surface area contributed by atoms with Crippen LogP contribution in [0.3, 0.4) is 0 Å². The largest absolute Gasteiger partial charge is 0.487 e. The molecule has 0 aliphatic heterocycles. The molecule has 0 radical (unpaired) electrons. The van der Waals surface area contributed by atoms with Gasteiger partial charge in [0.2, 0.25) is 0 Å². The fourth-order valence-electron chi connectivity index (χ4n) is 1.84. The number of para-hydroxylation sites is 1. The Morgan fingerprint density at radius 3 is 2.68 bits per heavy atom. The highest BCUT2D eigenvalue weighted by Crippen LogP contribution is 2.19. The van der Waals surface area contributed by atoms with Crippen LogP contribution in [0.25, 0.3) is 0 Å². The summed E-state index contributed by atoms with van der Waals surface area (Å²) in [4.78, 5) is 4.41. The molecule has 0 atom stereocenters. The van der Waals surface area contributed by atoms with Gasteiger partial charge in [0.15, 0.2) is 0 Å². The second-order valence-corrected chi connectivity index (χ2v) is 4.21. The fraction of sp³-hybridized carbons (Fsp3) is 0.188. The molecule has 0 amide bonds. The van der Waals surface area contributed by atoms with Gasteiger partial charge in [-0.05, 0) is 30.2 Å². The first-order chi connectivity index (χ1) is 9.33. The molecule has 2 rings (SSSR count). The highest BCUT2D eigenvalue weighted by molar-refractivity contribution is 5.34. The summed E-state index contributed by atoms with van der Waals surface area (Å²) < 4.78 is 5.82. The predicted molar refractivity (Wildman–Crippen MR) is 76.8 cm³/mol. The van der Waals surface area contributed by atoms with E-state index in [4.69, 9.17) is 10.5 Å². The van der Waals surface area contributed by atoms with Gasteiger partial charge < -0.3 is 10.5 Å². The lowest BCUT2D eigenvalue weighted by atomic mass is 10.1. The van der Waals surface area contributed by atoms with Crippen LogP contribution in [-0.2, 0) is 19.6 Å². The van der Waals surface area contributed by atoms with Crippen LogP contribution < -0.4 is 10.5 Å². The van der Waals surface area contributed by atoms with Crippen LogP contribution in [0.2, 0.25) is 0 Å². The molecule has 0 fully saturated rings. The molecule has 0 saturated carbocycles. The smallest absolute Gasteiger partial charge is 0.130 e. The summed E-state index contributed by atoms with van der Waals surface area (Å²) >= 11 is 0. The Morgan fingerprint density at radius 2 is 1.89 bits per heavy atom. The number of rotatable bonds is 6. The van der Waals surface area contributed by atoms with E-state index in [1.807, 2.05) is 48.5 Å². The predicted octanol–water partition coefficient (Wildman–Crippen LogP) is 2.85. The van der Waals surface area contributed by atoms with Gasteiger partial charge in [0.05, 0.1) is 11.4 Å². The minimum atomic E-state index is 0.445. The van der Waals surface area contributed by atoms with Crippen LogP contribution in [0.1, 0.15) is 17.0 Å². The number of hydrogen-bond donors (Lipinski definition) is 1. The molecule has 1 heterocycles. The van der Waals surface area contributed by atoms with Crippen molar-refractivity contribution in [2.24, 2.45) is 5.73 Å². The number of allylic oxidation sites excluding steroid dienone is 1. The molecule has 0 spiro atoms. The van der Waals surface area contributed by atoms with Crippen molar-refractivity contribution in [1.82, 2.24) is 4.98 Å². The van der Waals surface area contributed by atoms with E-state index in [0.717, 1.165) is 29.1 Å². The normalized spacial score (nSPS) is 10.2. The molecule has 1 aromatic heterocycles. The van der Waals surface area contributed by atoms with Crippen LogP contribution in [0.15, 0.2) is 55.1 Å². The first kappa shape index (κ1) is 13.3. The van der Waals surface area contributed by atoms with Gasteiger partial charge in [0.25, 0.3) is 0 Å². The average Bonchev–Trinajstić information content (AvgIpc) is 2.47. The van der Waals surface area contributed by atoms with Crippen molar-refractivity contribution in [3.63, 3.8) is 0 Å². The number of ether oxygens (including phenoxy) is 1. The van der Waals surface area contributed by atoms with Crippen LogP contribution in [-0.4, -0.2) is 4.98 Å². The highest BCUT2D eigenvalue weighted by Gasteiger charge is 2.03. The Labute approximate surface area is 113 Å². The topological polar surface area (TPSA) is 48.1 Å². The van der Waals surface area contributed by atoms with Gasteiger partial charge in [0, 0.05) is 6.54 Å². The van der Waals surface area contributed by atoms with Gasteiger partial charge >= 0.3 is 0 Å². The Balaban J connectivity index is 2.07.